The predicted molar refractivity (Wildman–Crippen MR) is 86.4 cm³/mol. The van der Waals surface area contributed by atoms with Gasteiger partial charge in [0.1, 0.15) is 11.1 Å². The lowest BCUT2D eigenvalue weighted by Crippen LogP contribution is -2.17. The van der Waals surface area contributed by atoms with Crippen molar-refractivity contribution in [3.8, 4) is 5.75 Å². The van der Waals surface area contributed by atoms with Crippen LogP contribution in [-0.4, -0.2) is 13.0 Å². The van der Waals surface area contributed by atoms with Gasteiger partial charge in [0, 0.05) is 10.7 Å². The van der Waals surface area contributed by atoms with Crippen LogP contribution < -0.4 is 10.1 Å². The number of rotatable bonds is 4. The van der Waals surface area contributed by atoms with Gasteiger partial charge in [-0.05, 0) is 48.4 Å². The Hall–Kier alpha value is -1.71. The molecule has 5 heteroatoms. The number of benzene rings is 2. The van der Waals surface area contributed by atoms with E-state index in [9.17, 15) is 4.79 Å². The first kappa shape index (κ1) is 15.7. The number of anilines is 1. The molecule has 0 aliphatic rings. The molecule has 3 nitrogen and oxygen atoms in total. The molecule has 0 aromatic heterocycles. The van der Waals surface area contributed by atoms with E-state index in [-0.39, 0.29) is 5.91 Å². The molecule has 110 valence electrons. The van der Waals surface area contributed by atoms with Crippen LogP contribution in [0, 0.1) is 6.92 Å². The first-order chi connectivity index (χ1) is 10.0. The molecule has 0 bridgehead atoms. The Morgan fingerprint density at radius 2 is 1.86 bits per heavy atom. The van der Waals surface area contributed by atoms with Gasteiger partial charge in [-0.15, -0.1) is 11.6 Å². The summed E-state index contributed by atoms with van der Waals surface area (Å²) in [5.41, 5.74) is 2.27. The standard InChI is InChI=1S/C16H15Cl2NO2/c1-10-9-12(5-8-14(10)17)19-16(20)15(18)11-3-6-13(21-2)7-4-11/h3-9,15H,1-2H3,(H,19,20). The van der Waals surface area contributed by atoms with Crippen LogP contribution in [0.3, 0.4) is 0 Å². The van der Waals surface area contributed by atoms with Gasteiger partial charge in [-0.3, -0.25) is 4.79 Å². The fourth-order valence-corrected chi connectivity index (χ4v) is 2.17. The van der Waals surface area contributed by atoms with Gasteiger partial charge in [-0.2, -0.15) is 0 Å². The van der Waals surface area contributed by atoms with Gasteiger partial charge in [0.15, 0.2) is 0 Å². The molecule has 0 radical (unpaired) electrons. The summed E-state index contributed by atoms with van der Waals surface area (Å²) >= 11 is 12.1. The highest BCUT2D eigenvalue weighted by molar-refractivity contribution is 6.33. The molecule has 0 heterocycles. The van der Waals surface area contributed by atoms with Crippen LogP contribution in [0.2, 0.25) is 5.02 Å². The van der Waals surface area contributed by atoms with Gasteiger partial charge in [0.25, 0.3) is 0 Å². The maximum atomic E-state index is 12.2. The Kier molecular flexibility index (Phi) is 5.10. The minimum Gasteiger partial charge on any atom is -0.497 e. The summed E-state index contributed by atoms with van der Waals surface area (Å²) in [6.45, 7) is 1.87. The normalized spacial score (nSPS) is 11.8. The maximum absolute atomic E-state index is 12.2. The summed E-state index contributed by atoms with van der Waals surface area (Å²) in [6, 6.07) is 12.4. The van der Waals surface area contributed by atoms with Crippen LogP contribution in [0.15, 0.2) is 42.5 Å². The third-order valence-corrected chi connectivity index (χ3v) is 3.94. The monoisotopic (exact) mass is 323 g/mol. The number of halogens is 2. The number of aryl methyl sites for hydroxylation is 1. The van der Waals surface area contributed by atoms with Crippen LogP contribution in [0.1, 0.15) is 16.5 Å². The topological polar surface area (TPSA) is 38.3 Å². The molecule has 1 unspecified atom stereocenters. The zero-order chi connectivity index (χ0) is 15.4. The van der Waals surface area contributed by atoms with Crippen molar-refractivity contribution in [2.75, 3.05) is 12.4 Å². The van der Waals surface area contributed by atoms with Crippen LogP contribution in [0.25, 0.3) is 0 Å². The van der Waals surface area contributed by atoms with Gasteiger partial charge in [-0.1, -0.05) is 23.7 Å². The summed E-state index contributed by atoms with van der Waals surface area (Å²) in [7, 11) is 1.59. The highest BCUT2D eigenvalue weighted by Crippen LogP contribution is 2.25. The number of carbonyl (C=O) groups excluding carboxylic acids is 1. The van der Waals surface area contributed by atoms with Gasteiger partial charge in [-0.25, -0.2) is 0 Å². The smallest absolute Gasteiger partial charge is 0.246 e. The quantitative estimate of drug-likeness (QED) is 0.836. The molecule has 1 atom stereocenters. The predicted octanol–water partition coefficient (Wildman–Crippen LogP) is 4.58. The van der Waals surface area contributed by atoms with E-state index in [1.807, 2.05) is 6.92 Å². The molecular weight excluding hydrogens is 309 g/mol. The molecule has 0 saturated carbocycles. The summed E-state index contributed by atoms with van der Waals surface area (Å²) in [5.74, 6) is 0.430. The summed E-state index contributed by atoms with van der Waals surface area (Å²) < 4.78 is 5.07. The Bertz CT molecular complexity index is 641. The van der Waals surface area contributed by atoms with E-state index in [4.69, 9.17) is 27.9 Å². The zero-order valence-corrected chi connectivity index (χ0v) is 13.2. The second-order valence-corrected chi connectivity index (χ2v) is 5.43. The maximum Gasteiger partial charge on any atom is 0.246 e. The average molecular weight is 324 g/mol. The van der Waals surface area contributed by atoms with E-state index in [2.05, 4.69) is 5.32 Å². The van der Waals surface area contributed by atoms with Gasteiger partial charge < -0.3 is 10.1 Å². The van der Waals surface area contributed by atoms with Crippen molar-refractivity contribution < 1.29 is 9.53 Å². The van der Waals surface area contributed by atoms with Crippen molar-refractivity contribution in [1.29, 1.82) is 0 Å². The molecule has 1 amide bonds. The Morgan fingerprint density at radius 1 is 1.19 bits per heavy atom. The van der Waals surface area contributed by atoms with Crippen molar-refractivity contribution in [1.82, 2.24) is 0 Å². The van der Waals surface area contributed by atoms with Crippen LogP contribution in [0.4, 0.5) is 5.69 Å². The third kappa shape index (κ3) is 3.90. The van der Waals surface area contributed by atoms with E-state index in [0.29, 0.717) is 16.3 Å². The van der Waals surface area contributed by atoms with Crippen molar-refractivity contribution in [2.45, 2.75) is 12.3 Å². The molecule has 1 N–H and O–H groups in total. The molecule has 2 rings (SSSR count). The van der Waals surface area contributed by atoms with E-state index in [1.54, 1.807) is 49.6 Å². The van der Waals surface area contributed by atoms with Crippen molar-refractivity contribution in [2.24, 2.45) is 0 Å². The Balaban J connectivity index is 2.09. The molecule has 21 heavy (non-hydrogen) atoms. The van der Waals surface area contributed by atoms with E-state index in [1.165, 1.54) is 0 Å². The molecule has 0 fully saturated rings. The van der Waals surface area contributed by atoms with Gasteiger partial charge in [0.2, 0.25) is 5.91 Å². The minimum atomic E-state index is -0.771. The number of hydrogen-bond donors (Lipinski definition) is 1. The highest BCUT2D eigenvalue weighted by Gasteiger charge is 2.18. The van der Waals surface area contributed by atoms with E-state index < -0.39 is 5.38 Å². The molecule has 2 aromatic rings. The summed E-state index contributed by atoms with van der Waals surface area (Å²) in [5, 5.41) is 2.66. The van der Waals surface area contributed by atoms with Crippen molar-refractivity contribution in [3.05, 3.63) is 58.6 Å². The summed E-state index contributed by atoms with van der Waals surface area (Å²) in [4.78, 5) is 12.2. The molecule has 2 aromatic carbocycles. The number of hydrogen-bond acceptors (Lipinski definition) is 2. The van der Waals surface area contributed by atoms with Crippen molar-refractivity contribution >= 4 is 34.8 Å². The molecule has 0 spiro atoms. The van der Waals surface area contributed by atoms with Crippen LogP contribution in [-0.2, 0) is 4.79 Å². The number of carbonyl (C=O) groups is 1. The van der Waals surface area contributed by atoms with E-state index in [0.717, 1.165) is 11.3 Å². The number of methoxy groups -OCH3 is 1. The molecule has 0 aliphatic carbocycles. The number of alkyl halides is 1. The highest BCUT2D eigenvalue weighted by atomic mass is 35.5. The molecule has 0 aliphatic heterocycles. The first-order valence-corrected chi connectivity index (χ1v) is 7.17. The van der Waals surface area contributed by atoms with Crippen LogP contribution >= 0.6 is 23.2 Å². The Labute approximate surface area is 133 Å². The van der Waals surface area contributed by atoms with Crippen LogP contribution in [0.5, 0.6) is 5.75 Å². The minimum absolute atomic E-state index is 0.288. The lowest BCUT2D eigenvalue weighted by molar-refractivity contribution is -0.116. The largest absolute Gasteiger partial charge is 0.497 e. The number of nitrogens with one attached hydrogen (secondary N) is 1. The lowest BCUT2D eigenvalue weighted by atomic mass is 10.1. The van der Waals surface area contributed by atoms with Gasteiger partial charge in [0.05, 0.1) is 7.11 Å². The van der Waals surface area contributed by atoms with Gasteiger partial charge >= 0.3 is 0 Å². The number of ether oxygens (including phenoxy) is 1. The zero-order valence-electron chi connectivity index (χ0n) is 11.7. The number of amides is 1. The first-order valence-electron chi connectivity index (χ1n) is 6.36. The fraction of sp³-hybridized carbons (Fsp3) is 0.188. The SMILES string of the molecule is COc1ccc(C(Cl)C(=O)Nc2ccc(Cl)c(C)c2)cc1. The fourth-order valence-electron chi connectivity index (χ4n) is 1.85. The van der Waals surface area contributed by atoms with E-state index >= 15 is 0 Å². The lowest BCUT2D eigenvalue weighted by Gasteiger charge is -2.12. The second-order valence-electron chi connectivity index (χ2n) is 4.59. The second kappa shape index (κ2) is 6.83. The Morgan fingerprint density at radius 3 is 2.43 bits per heavy atom. The average Bonchev–Trinajstić information content (AvgIpc) is 2.50. The van der Waals surface area contributed by atoms with Crippen molar-refractivity contribution in [3.63, 3.8) is 0 Å². The summed E-state index contributed by atoms with van der Waals surface area (Å²) in [6.07, 6.45) is 0. The molecule has 0 saturated heterocycles. The third-order valence-electron chi connectivity index (χ3n) is 3.06. The molecular formula is C16H15Cl2NO2.